The van der Waals surface area contributed by atoms with Crippen LogP contribution in [0.25, 0.3) is 22.7 Å². The highest BCUT2D eigenvalue weighted by molar-refractivity contribution is 7.99. The van der Waals surface area contributed by atoms with Gasteiger partial charge in [0.1, 0.15) is 0 Å². The lowest BCUT2D eigenvalue weighted by molar-refractivity contribution is 0.821. The zero-order valence-electron chi connectivity index (χ0n) is 14.7. The lowest BCUT2D eigenvalue weighted by atomic mass is 10.2. The quantitative estimate of drug-likeness (QED) is 0.358. The molecule has 0 aliphatic rings. The van der Waals surface area contributed by atoms with Gasteiger partial charge in [0.05, 0.1) is 16.6 Å². The van der Waals surface area contributed by atoms with E-state index in [0.29, 0.717) is 10.5 Å². The molecule has 0 radical (unpaired) electrons. The van der Waals surface area contributed by atoms with Gasteiger partial charge in [0.15, 0.2) is 5.16 Å². The van der Waals surface area contributed by atoms with E-state index in [1.54, 1.807) is 16.3 Å². The van der Waals surface area contributed by atoms with Crippen LogP contribution < -0.4 is 5.56 Å². The van der Waals surface area contributed by atoms with Crippen molar-refractivity contribution in [2.45, 2.75) is 5.16 Å². The highest BCUT2D eigenvalue weighted by Gasteiger charge is 2.12. The van der Waals surface area contributed by atoms with E-state index in [1.807, 2.05) is 72.8 Å². The van der Waals surface area contributed by atoms with Crippen LogP contribution in [0.4, 0.5) is 0 Å². The fraction of sp³-hybridized carbons (Fsp3) is 0.0435. The van der Waals surface area contributed by atoms with Gasteiger partial charge in [-0.15, -0.1) is 0 Å². The minimum absolute atomic E-state index is 0.0404. The fourth-order valence-corrected chi connectivity index (χ4v) is 3.71. The summed E-state index contributed by atoms with van der Waals surface area (Å²) in [4.78, 5) is 17.8. The third-order valence-corrected chi connectivity index (χ3v) is 5.07. The van der Waals surface area contributed by atoms with Crippen LogP contribution in [0.5, 0.6) is 0 Å². The molecule has 27 heavy (non-hydrogen) atoms. The van der Waals surface area contributed by atoms with Crippen LogP contribution in [0.15, 0.2) is 101 Å². The summed E-state index contributed by atoms with van der Waals surface area (Å²) in [5.41, 5.74) is 2.67. The van der Waals surface area contributed by atoms with Crippen LogP contribution >= 0.6 is 11.8 Å². The molecular weight excluding hydrogens is 352 g/mol. The Balaban J connectivity index is 1.70. The predicted molar refractivity (Wildman–Crippen MR) is 114 cm³/mol. The monoisotopic (exact) mass is 370 g/mol. The first-order chi connectivity index (χ1) is 13.3. The van der Waals surface area contributed by atoms with E-state index < -0.39 is 0 Å². The zero-order chi connectivity index (χ0) is 18.5. The third-order valence-electron chi connectivity index (χ3n) is 4.18. The van der Waals surface area contributed by atoms with E-state index in [-0.39, 0.29) is 5.56 Å². The molecule has 0 fully saturated rings. The maximum atomic E-state index is 13.1. The minimum Gasteiger partial charge on any atom is -0.268 e. The Labute approximate surface area is 162 Å². The van der Waals surface area contributed by atoms with E-state index in [1.165, 1.54) is 0 Å². The second-order valence-electron chi connectivity index (χ2n) is 6.01. The smallest absolute Gasteiger partial charge is 0.266 e. The van der Waals surface area contributed by atoms with Gasteiger partial charge in [0.2, 0.25) is 0 Å². The van der Waals surface area contributed by atoms with Crippen molar-refractivity contribution < 1.29 is 0 Å². The Bertz CT molecular complexity index is 1140. The SMILES string of the molecule is O=c1c2ccccc2nc(SCC=Cc2ccccc2)n1-c1ccccc1. The van der Waals surface area contributed by atoms with Crippen molar-refractivity contribution in [3.8, 4) is 5.69 Å². The molecule has 0 spiro atoms. The first kappa shape index (κ1) is 17.3. The molecule has 4 heteroatoms. The van der Waals surface area contributed by atoms with Crippen molar-refractivity contribution in [1.82, 2.24) is 9.55 Å². The first-order valence-corrected chi connectivity index (χ1v) is 9.73. The summed E-state index contributed by atoms with van der Waals surface area (Å²) in [6, 6.07) is 27.3. The molecule has 0 unspecified atom stereocenters. The van der Waals surface area contributed by atoms with E-state index in [4.69, 9.17) is 4.98 Å². The first-order valence-electron chi connectivity index (χ1n) is 8.74. The van der Waals surface area contributed by atoms with E-state index in [2.05, 4.69) is 24.3 Å². The Morgan fingerprint density at radius 1 is 0.852 bits per heavy atom. The van der Waals surface area contributed by atoms with Crippen molar-refractivity contribution in [3.63, 3.8) is 0 Å². The Kier molecular flexibility index (Phi) is 5.17. The number of benzene rings is 3. The molecule has 0 aliphatic heterocycles. The molecule has 3 aromatic carbocycles. The van der Waals surface area contributed by atoms with Gasteiger partial charge in [0, 0.05) is 5.75 Å². The number of rotatable bonds is 5. The van der Waals surface area contributed by atoms with Crippen LogP contribution in [0.2, 0.25) is 0 Å². The lowest BCUT2D eigenvalue weighted by Gasteiger charge is -2.12. The topological polar surface area (TPSA) is 34.9 Å². The average molecular weight is 370 g/mol. The largest absolute Gasteiger partial charge is 0.268 e. The van der Waals surface area contributed by atoms with Crippen LogP contribution in [0.1, 0.15) is 5.56 Å². The number of aromatic nitrogens is 2. The van der Waals surface area contributed by atoms with Crippen molar-refractivity contribution >= 4 is 28.7 Å². The maximum absolute atomic E-state index is 13.1. The van der Waals surface area contributed by atoms with Crippen molar-refractivity contribution in [2.75, 3.05) is 5.75 Å². The lowest BCUT2D eigenvalue weighted by Crippen LogP contribution is -2.21. The molecule has 4 rings (SSSR count). The third kappa shape index (κ3) is 3.86. The molecule has 0 atom stereocenters. The summed E-state index contributed by atoms with van der Waals surface area (Å²) in [5, 5.41) is 1.33. The van der Waals surface area contributed by atoms with E-state index in [9.17, 15) is 4.79 Å². The summed E-state index contributed by atoms with van der Waals surface area (Å²) >= 11 is 1.56. The fourth-order valence-electron chi connectivity index (χ4n) is 2.88. The van der Waals surface area contributed by atoms with Crippen LogP contribution in [0.3, 0.4) is 0 Å². The molecule has 0 saturated heterocycles. The summed E-state index contributed by atoms with van der Waals surface area (Å²) in [7, 11) is 0. The number of hydrogen-bond donors (Lipinski definition) is 0. The summed E-state index contributed by atoms with van der Waals surface area (Å²) in [5.74, 6) is 0.729. The van der Waals surface area contributed by atoms with Crippen LogP contribution in [-0.4, -0.2) is 15.3 Å². The standard InChI is InChI=1S/C23H18N2OS/c26-22-20-15-7-8-16-21(20)24-23(25(22)19-13-5-2-6-14-19)27-17-9-12-18-10-3-1-4-11-18/h1-16H,17H2. The van der Waals surface area contributed by atoms with Crippen molar-refractivity contribution in [1.29, 1.82) is 0 Å². The van der Waals surface area contributed by atoms with Gasteiger partial charge in [-0.2, -0.15) is 0 Å². The van der Waals surface area contributed by atoms with Gasteiger partial charge in [-0.3, -0.25) is 9.36 Å². The Morgan fingerprint density at radius 3 is 2.30 bits per heavy atom. The maximum Gasteiger partial charge on any atom is 0.266 e. The van der Waals surface area contributed by atoms with Crippen LogP contribution in [0, 0.1) is 0 Å². The minimum atomic E-state index is -0.0404. The highest BCUT2D eigenvalue weighted by atomic mass is 32.2. The molecule has 0 bridgehead atoms. The van der Waals surface area contributed by atoms with E-state index in [0.717, 1.165) is 22.5 Å². The van der Waals surface area contributed by atoms with Gasteiger partial charge in [-0.1, -0.05) is 84.6 Å². The molecule has 0 amide bonds. The number of thioether (sulfide) groups is 1. The highest BCUT2D eigenvalue weighted by Crippen LogP contribution is 2.21. The molecule has 3 nitrogen and oxygen atoms in total. The summed E-state index contributed by atoms with van der Waals surface area (Å²) < 4.78 is 1.70. The summed E-state index contributed by atoms with van der Waals surface area (Å²) in [6.45, 7) is 0. The predicted octanol–water partition coefficient (Wildman–Crippen LogP) is 5.19. The van der Waals surface area contributed by atoms with Gasteiger partial charge < -0.3 is 0 Å². The molecule has 0 N–H and O–H groups in total. The van der Waals surface area contributed by atoms with Gasteiger partial charge in [-0.05, 0) is 29.8 Å². The second-order valence-corrected chi connectivity index (χ2v) is 7.00. The van der Waals surface area contributed by atoms with Gasteiger partial charge in [-0.25, -0.2) is 4.98 Å². The van der Waals surface area contributed by atoms with Crippen LogP contribution in [-0.2, 0) is 0 Å². The Morgan fingerprint density at radius 2 is 1.52 bits per heavy atom. The molecule has 0 saturated carbocycles. The van der Waals surface area contributed by atoms with Crippen molar-refractivity contribution in [2.24, 2.45) is 0 Å². The molecule has 1 aromatic heterocycles. The molecule has 0 aliphatic carbocycles. The number of fused-ring (bicyclic) bond motifs is 1. The van der Waals surface area contributed by atoms with Crippen molar-refractivity contribution in [3.05, 3.63) is 107 Å². The normalized spacial score (nSPS) is 11.3. The average Bonchev–Trinajstić information content (AvgIpc) is 2.73. The molecular formula is C23H18N2OS. The van der Waals surface area contributed by atoms with E-state index >= 15 is 0 Å². The van der Waals surface area contributed by atoms with Gasteiger partial charge >= 0.3 is 0 Å². The number of para-hydroxylation sites is 2. The number of nitrogens with zero attached hydrogens (tertiary/aromatic N) is 2. The van der Waals surface area contributed by atoms with Gasteiger partial charge in [0.25, 0.3) is 5.56 Å². The molecule has 1 heterocycles. The summed E-state index contributed by atoms with van der Waals surface area (Å²) in [6.07, 6.45) is 4.18. The Hall–Kier alpha value is -3.11. The molecule has 132 valence electrons. The molecule has 4 aromatic rings. The zero-order valence-corrected chi connectivity index (χ0v) is 15.5. The number of hydrogen-bond acceptors (Lipinski definition) is 3. The second kappa shape index (κ2) is 8.06.